The molecule has 1 N–H and O–H groups in total. The van der Waals surface area contributed by atoms with Gasteiger partial charge in [0.2, 0.25) is 11.8 Å². The van der Waals surface area contributed by atoms with Gasteiger partial charge in [0.05, 0.1) is 18.1 Å². The number of fused-ring (bicyclic) bond motifs is 4. The standard InChI is InChI=1S/C20H29N5O3/c1-12-19(23(3)11-22-12)20(28)24-9-14-7-15(10-24)17(8-21-13(2)26)25-16(14)5-4-6-18(25)27/h11,14-17H,4-10H2,1-3H3,(H,21,26)/t14-,15+,16+,17+/m1/s1. The lowest BCUT2D eigenvalue weighted by Gasteiger charge is -2.56. The van der Waals surface area contributed by atoms with Crippen LogP contribution in [0.4, 0.5) is 0 Å². The van der Waals surface area contributed by atoms with Crippen molar-refractivity contribution in [2.24, 2.45) is 18.9 Å². The van der Waals surface area contributed by atoms with Gasteiger partial charge in [0.15, 0.2) is 0 Å². The predicted octanol–water partition coefficient (Wildman–Crippen LogP) is 0.706. The molecule has 0 aromatic carbocycles. The zero-order valence-corrected chi connectivity index (χ0v) is 16.9. The van der Waals surface area contributed by atoms with E-state index in [1.54, 1.807) is 10.9 Å². The molecule has 4 heterocycles. The van der Waals surface area contributed by atoms with Crippen LogP contribution in [-0.2, 0) is 16.6 Å². The fraction of sp³-hybridized carbons (Fsp3) is 0.700. The van der Waals surface area contributed by atoms with Crippen LogP contribution in [0.3, 0.4) is 0 Å². The van der Waals surface area contributed by atoms with Crippen molar-refractivity contribution in [2.75, 3.05) is 19.6 Å². The van der Waals surface area contributed by atoms with Gasteiger partial charge in [-0.1, -0.05) is 0 Å². The van der Waals surface area contributed by atoms with Crippen LogP contribution in [0, 0.1) is 18.8 Å². The normalized spacial score (nSPS) is 29.5. The number of piperidine rings is 3. The molecule has 0 saturated carbocycles. The number of carbonyl (C=O) groups is 3. The molecule has 0 spiro atoms. The minimum atomic E-state index is -0.0858. The number of aryl methyl sites for hydroxylation is 2. The van der Waals surface area contributed by atoms with Crippen molar-refractivity contribution < 1.29 is 14.4 Å². The number of hydrogen-bond acceptors (Lipinski definition) is 4. The van der Waals surface area contributed by atoms with E-state index in [0.717, 1.165) is 25.0 Å². The van der Waals surface area contributed by atoms with Crippen LogP contribution in [0.5, 0.6) is 0 Å². The summed E-state index contributed by atoms with van der Waals surface area (Å²) in [7, 11) is 1.85. The third-order valence-electron chi connectivity index (χ3n) is 6.67. The van der Waals surface area contributed by atoms with Gasteiger partial charge in [-0.25, -0.2) is 4.98 Å². The van der Waals surface area contributed by atoms with Gasteiger partial charge < -0.3 is 19.7 Å². The molecule has 3 aliphatic rings. The Labute approximate surface area is 165 Å². The third-order valence-corrected chi connectivity index (χ3v) is 6.67. The Morgan fingerprint density at radius 2 is 2.04 bits per heavy atom. The first-order valence-electron chi connectivity index (χ1n) is 10.2. The highest BCUT2D eigenvalue weighted by Gasteiger charge is 2.50. The molecule has 0 radical (unpaired) electrons. The molecule has 8 nitrogen and oxygen atoms in total. The number of aromatic nitrogens is 2. The summed E-state index contributed by atoms with van der Waals surface area (Å²) in [5, 5.41) is 2.91. The van der Waals surface area contributed by atoms with Gasteiger partial charge in [0.1, 0.15) is 5.69 Å². The average Bonchev–Trinajstić information content (AvgIpc) is 2.99. The smallest absolute Gasteiger partial charge is 0.272 e. The lowest BCUT2D eigenvalue weighted by atomic mass is 9.72. The van der Waals surface area contributed by atoms with Crippen molar-refractivity contribution in [1.82, 2.24) is 24.7 Å². The molecule has 1 aromatic heterocycles. The van der Waals surface area contributed by atoms with Gasteiger partial charge in [0, 0.05) is 46.1 Å². The zero-order valence-electron chi connectivity index (χ0n) is 16.9. The Morgan fingerprint density at radius 3 is 2.71 bits per heavy atom. The minimum Gasteiger partial charge on any atom is -0.354 e. The van der Waals surface area contributed by atoms with E-state index in [2.05, 4.69) is 15.2 Å². The number of nitrogens with one attached hydrogen (secondary N) is 1. The summed E-state index contributed by atoms with van der Waals surface area (Å²) in [6.45, 7) is 5.12. The Balaban J connectivity index is 1.61. The van der Waals surface area contributed by atoms with Crippen molar-refractivity contribution in [2.45, 2.75) is 51.6 Å². The second kappa shape index (κ2) is 7.22. The monoisotopic (exact) mass is 387 g/mol. The first-order valence-corrected chi connectivity index (χ1v) is 10.2. The largest absolute Gasteiger partial charge is 0.354 e. The summed E-state index contributed by atoms with van der Waals surface area (Å²) in [5.41, 5.74) is 1.38. The molecule has 8 heteroatoms. The van der Waals surface area contributed by atoms with E-state index in [9.17, 15) is 14.4 Å². The van der Waals surface area contributed by atoms with E-state index in [4.69, 9.17) is 0 Å². The fourth-order valence-corrected chi connectivity index (χ4v) is 5.45. The molecule has 3 aliphatic heterocycles. The highest BCUT2D eigenvalue weighted by atomic mass is 16.2. The number of carbonyl (C=O) groups excluding carboxylic acids is 3. The number of rotatable bonds is 3. The van der Waals surface area contributed by atoms with E-state index in [-0.39, 0.29) is 35.7 Å². The second-order valence-electron chi connectivity index (χ2n) is 8.52. The summed E-state index contributed by atoms with van der Waals surface area (Å²) in [5.74, 6) is 0.609. The van der Waals surface area contributed by atoms with E-state index in [1.807, 2.05) is 18.9 Å². The highest BCUT2D eigenvalue weighted by Crippen LogP contribution is 2.41. The molecular weight excluding hydrogens is 358 g/mol. The maximum Gasteiger partial charge on any atom is 0.272 e. The van der Waals surface area contributed by atoms with Crippen molar-refractivity contribution in [3.05, 3.63) is 17.7 Å². The van der Waals surface area contributed by atoms with Crippen molar-refractivity contribution in [1.29, 1.82) is 0 Å². The van der Waals surface area contributed by atoms with Crippen molar-refractivity contribution in [3.8, 4) is 0 Å². The van der Waals surface area contributed by atoms with E-state index in [0.29, 0.717) is 37.7 Å². The summed E-state index contributed by atoms with van der Waals surface area (Å²) in [6.07, 6.45) is 5.15. The van der Waals surface area contributed by atoms with Crippen molar-refractivity contribution >= 4 is 17.7 Å². The molecule has 0 unspecified atom stereocenters. The Hall–Kier alpha value is -2.38. The van der Waals surface area contributed by atoms with Crippen LogP contribution in [0.25, 0.3) is 0 Å². The number of hydrogen-bond donors (Lipinski definition) is 1. The molecule has 4 rings (SSSR count). The van der Waals surface area contributed by atoms with Crippen LogP contribution in [0.15, 0.2) is 6.33 Å². The molecule has 28 heavy (non-hydrogen) atoms. The topological polar surface area (TPSA) is 87.5 Å². The van der Waals surface area contributed by atoms with Gasteiger partial charge in [-0.2, -0.15) is 0 Å². The van der Waals surface area contributed by atoms with Crippen LogP contribution in [0.2, 0.25) is 0 Å². The number of imidazole rings is 1. The molecule has 152 valence electrons. The van der Waals surface area contributed by atoms with Gasteiger partial charge in [-0.15, -0.1) is 0 Å². The molecule has 3 saturated heterocycles. The lowest BCUT2D eigenvalue weighted by molar-refractivity contribution is -0.151. The zero-order chi connectivity index (χ0) is 20.0. The fourth-order valence-electron chi connectivity index (χ4n) is 5.45. The van der Waals surface area contributed by atoms with Gasteiger partial charge in [0.25, 0.3) is 5.91 Å². The Morgan fingerprint density at radius 1 is 1.29 bits per heavy atom. The van der Waals surface area contributed by atoms with Gasteiger partial charge in [-0.3, -0.25) is 14.4 Å². The minimum absolute atomic E-state index is 0.0149. The third kappa shape index (κ3) is 3.18. The molecule has 2 bridgehead atoms. The van der Waals surface area contributed by atoms with Gasteiger partial charge >= 0.3 is 0 Å². The molecule has 0 aliphatic carbocycles. The van der Waals surface area contributed by atoms with Crippen LogP contribution < -0.4 is 5.32 Å². The molecule has 4 atom stereocenters. The lowest BCUT2D eigenvalue weighted by Crippen LogP contribution is -2.67. The van der Waals surface area contributed by atoms with E-state index in [1.165, 1.54) is 6.92 Å². The molecule has 1 aromatic rings. The van der Waals surface area contributed by atoms with Gasteiger partial charge in [-0.05, 0) is 38.0 Å². The number of nitrogens with zero attached hydrogens (tertiary/aromatic N) is 4. The molecule has 3 fully saturated rings. The first kappa shape index (κ1) is 19.0. The summed E-state index contributed by atoms with van der Waals surface area (Å²) < 4.78 is 1.78. The van der Waals surface area contributed by atoms with E-state index < -0.39 is 0 Å². The highest BCUT2D eigenvalue weighted by molar-refractivity contribution is 5.93. The number of amides is 3. The van der Waals surface area contributed by atoms with Crippen molar-refractivity contribution in [3.63, 3.8) is 0 Å². The molecular formula is C20H29N5O3. The van der Waals surface area contributed by atoms with Crippen LogP contribution in [-0.4, -0.2) is 68.8 Å². The van der Waals surface area contributed by atoms with Crippen LogP contribution >= 0.6 is 0 Å². The Bertz CT molecular complexity index is 784. The second-order valence-corrected chi connectivity index (χ2v) is 8.52. The Kier molecular flexibility index (Phi) is 4.89. The summed E-state index contributed by atoms with van der Waals surface area (Å²) >= 11 is 0. The number of likely N-dealkylation sites (tertiary alicyclic amines) is 1. The summed E-state index contributed by atoms with van der Waals surface area (Å²) in [4.78, 5) is 45.7. The maximum absolute atomic E-state index is 13.2. The van der Waals surface area contributed by atoms with Crippen LogP contribution in [0.1, 0.15) is 48.8 Å². The maximum atomic E-state index is 13.2. The van der Waals surface area contributed by atoms with E-state index >= 15 is 0 Å². The summed E-state index contributed by atoms with van der Waals surface area (Å²) in [6, 6.07) is 0.126. The quantitative estimate of drug-likeness (QED) is 0.827. The average molecular weight is 387 g/mol. The molecule has 3 amide bonds. The first-order chi connectivity index (χ1) is 13.4. The SMILES string of the molecule is CC(=O)NC[C@H]1[C@H]2C[C@H](CN(C(=O)c3c(C)ncn3C)C2)[C@@H]2CCCC(=O)N21. The predicted molar refractivity (Wildman–Crippen MR) is 102 cm³/mol.